The van der Waals surface area contributed by atoms with E-state index < -0.39 is 24.3 Å². The first-order chi connectivity index (χ1) is 5.99. The third kappa shape index (κ3) is 1.58. The summed E-state index contributed by atoms with van der Waals surface area (Å²) in [6.45, 7) is 3.79. The topological polar surface area (TPSA) is 68.2 Å². The van der Waals surface area contributed by atoms with Gasteiger partial charge in [0, 0.05) is 0 Å². The largest absolute Gasteiger partial charge is 0.385 e. The standard InChI is InChI=1S/C8H14O5/c1-8(2)12-4-3-11-7(10)5(9)6(4)13-8/h4-7,9-10H,3H2,1-2H3/t4-,5?,6?,7?/m1/s1. The Morgan fingerprint density at radius 1 is 1.23 bits per heavy atom. The normalized spacial score (nSPS) is 48.9. The van der Waals surface area contributed by atoms with Crippen LogP contribution in [0.25, 0.3) is 0 Å². The zero-order valence-electron chi connectivity index (χ0n) is 7.64. The third-order valence-corrected chi connectivity index (χ3v) is 2.28. The summed E-state index contributed by atoms with van der Waals surface area (Å²) in [6.07, 6.45) is -2.97. The molecule has 0 radical (unpaired) electrons. The van der Waals surface area contributed by atoms with E-state index in [1.54, 1.807) is 13.8 Å². The number of aliphatic hydroxyl groups is 2. The lowest BCUT2D eigenvalue weighted by Crippen LogP contribution is -2.51. The Labute approximate surface area is 76.2 Å². The Morgan fingerprint density at radius 3 is 2.62 bits per heavy atom. The molecule has 2 aliphatic rings. The van der Waals surface area contributed by atoms with E-state index in [9.17, 15) is 10.2 Å². The molecule has 0 aromatic heterocycles. The van der Waals surface area contributed by atoms with E-state index in [0.29, 0.717) is 0 Å². The molecule has 2 fully saturated rings. The molecule has 0 aromatic rings. The van der Waals surface area contributed by atoms with Crippen LogP contribution in [0, 0.1) is 0 Å². The minimum Gasteiger partial charge on any atom is -0.385 e. The van der Waals surface area contributed by atoms with Gasteiger partial charge in [0.1, 0.15) is 18.3 Å². The summed E-state index contributed by atoms with van der Waals surface area (Å²) >= 11 is 0. The molecule has 2 heterocycles. The van der Waals surface area contributed by atoms with E-state index in [4.69, 9.17) is 14.2 Å². The zero-order valence-corrected chi connectivity index (χ0v) is 7.64. The lowest BCUT2D eigenvalue weighted by atomic mass is 10.1. The Bertz CT molecular complexity index is 205. The molecule has 4 atom stereocenters. The number of ether oxygens (including phenoxy) is 3. The van der Waals surface area contributed by atoms with E-state index in [2.05, 4.69) is 0 Å². The summed E-state index contributed by atoms with van der Waals surface area (Å²) in [5, 5.41) is 18.7. The van der Waals surface area contributed by atoms with Gasteiger partial charge in [-0.1, -0.05) is 0 Å². The average molecular weight is 190 g/mol. The quantitative estimate of drug-likeness (QED) is 0.524. The molecular formula is C8H14O5. The molecule has 0 bridgehead atoms. The molecule has 5 heteroatoms. The predicted molar refractivity (Wildman–Crippen MR) is 41.8 cm³/mol. The van der Waals surface area contributed by atoms with Crippen molar-refractivity contribution < 1.29 is 24.4 Å². The lowest BCUT2D eigenvalue weighted by Gasteiger charge is -2.31. The summed E-state index contributed by atoms with van der Waals surface area (Å²) in [7, 11) is 0. The van der Waals surface area contributed by atoms with Crippen LogP contribution in [-0.4, -0.2) is 47.2 Å². The Morgan fingerprint density at radius 2 is 1.92 bits per heavy atom. The van der Waals surface area contributed by atoms with Crippen LogP contribution in [0.3, 0.4) is 0 Å². The summed E-state index contributed by atoms with van der Waals surface area (Å²) < 4.78 is 15.8. The van der Waals surface area contributed by atoms with Gasteiger partial charge in [-0.25, -0.2) is 0 Å². The van der Waals surface area contributed by atoms with Crippen molar-refractivity contribution in [3.63, 3.8) is 0 Å². The van der Waals surface area contributed by atoms with Crippen LogP contribution in [0.1, 0.15) is 13.8 Å². The van der Waals surface area contributed by atoms with Gasteiger partial charge in [-0.05, 0) is 13.8 Å². The highest BCUT2D eigenvalue weighted by atomic mass is 16.8. The first-order valence-corrected chi connectivity index (χ1v) is 4.33. The third-order valence-electron chi connectivity index (χ3n) is 2.28. The van der Waals surface area contributed by atoms with Crippen molar-refractivity contribution in [1.29, 1.82) is 0 Å². The highest BCUT2D eigenvalue weighted by molar-refractivity contribution is 4.90. The van der Waals surface area contributed by atoms with Crippen molar-refractivity contribution in [1.82, 2.24) is 0 Å². The second kappa shape index (κ2) is 2.90. The molecule has 3 unspecified atom stereocenters. The fourth-order valence-corrected chi connectivity index (χ4v) is 1.74. The highest BCUT2D eigenvalue weighted by Gasteiger charge is 2.50. The number of rotatable bonds is 0. The van der Waals surface area contributed by atoms with Gasteiger partial charge < -0.3 is 24.4 Å². The molecule has 0 spiro atoms. The van der Waals surface area contributed by atoms with E-state index >= 15 is 0 Å². The van der Waals surface area contributed by atoms with Crippen molar-refractivity contribution in [3.05, 3.63) is 0 Å². The summed E-state index contributed by atoms with van der Waals surface area (Å²) in [4.78, 5) is 0. The molecule has 2 aliphatic heterocycles. The number of fused-ring (bicyclic) bond motifs is 1. The van der Waals surface area contributed by atoms with Crippen LogP contribution in [0.2, 0.25) is 0 Å². The molecular weight excluding hydrogens is 176 g/mol. The Balaban J connectivity index is 2.11. The SMILES string of the molecule is CC1(C)OC2C(O)C(O)OC[C@H]2O1. The Kier molecular flexibility index (Phi) is 2.08. The fourth-order valence-electron chi connectivity index (χ4n) is 1.74. The maximum absolute atomic E-state index is 9.50. The lowest BCUT2D eigenvalue weighted by molar-refractivity contribution is -0.230. The van der Waals surface area contributed by atoms with Gasteiger partial charge in [0.25, 0.3) is 0 Å². The molecule has 5 nitrogen and oxygen atoms in total. The van der Waals surface area contributed by atoms with Crippen LogP contribution >= 0.6 is 0 Å². The van der Waals surface area contributed by atoms with Crippen molar-refractivity contribution >= 4 is 0 Å². The van der Waals surface area contributed by atoms with Gasteiger partial charge in [0.15, 0.2) is 12.1 Å². The summed E-state index contributed by atoms with van der Waals surface area (Å²) in [5.74, 6) is -0.705. The molecule has 0 aromatic carbocycles. The van der Waals surface area contributed by atoms with Crippen LogP contribution in [-0.2, 0) is 14.2 Å². The first-order valence-electron chi connectivity index (χ1n) is 4.33. The molecule has 13 heavy (non-hydrogen) atoms. The van der Waals surface area contributed by atoms with Crippen LogP contribution < -0.4 is 0 Å². The summed E-state index contributed by atoms with van der Waals surface area (Å²) in [6, 6.07) is 0. The number of hydrogen-bond donors (Lipinski definition) is 2. The molecule has 2 N–H and O–H groups in total. The molecule has 2 saturated heterocycles. The predicted octanol–water partition coefficient (Wildman–Crippen LogP) is -0.784. The van der Waals surface area contributed by atoms with Gasteiger partial charge in [0.2, 0.25) is 0 Å². The molecule has 76 valence electrons. The van der Waals surface area contributed by atoms with Crippen LogP contribution in [0.5, 0.6) is 0 Å². The van der Waals surface area contributed by atoms with E-state index in [0.717, 1.165) is 0 Å². The number of aliphatic hydroxyl groups excluding tert-OH is 2. The minimum absolute atomic E-state index is 0.256. The maximum Gasteiger partial charge on any atom is 0.183 e. The van der Waals surface area contributed by atoms with Crippen molar-refractivity contribution in [2.45, 2.75) is 44.2 Å². The fraction of sp³-hybridized carbons (Fsp3) is 1.00. The van der Waals surface area contributed by atoms with Crippen molar-refractivity contribution in [2.24, 2.45) is 0 Å². The van der Waals surface area contributed by atoms with Crippen molar-refractivity contribution in [2.75, 3.05) is 6.61 Å². The molecule has 0 amide bonds. The van der Waals surface area contributed by atoms with Crippen molar-refractivity contribution in [3.8, 4) is 0 Å². The smallest absolute Gasteiger partial charge is 0.183 e. The van der Waals surface area contributed by atoms with Crippen LogP contribution in [0.4, 0.5) is 0 Å². The van der Waals surface area contributed by atoms with E-state index in [-0.39, 0.29) is 12.7 Å². The first kappa shape index (κ1) is 9.36. The second-order valence-corrected chi connectivity index (χ2v) is 3.85. The monoisotopic (exact) mass is 190 g/mol. The van der Waals surface area contributed by atoms with Gasteiger partial charge in [-0.15, -0.1) is 0 Å². The van der Waals surface area contributed by atoms with Crippen LogP contribution in [0.15, 0.2) is 0 Å². The highest BCUT2D eigenvalue weighted by Crippen LogP contribution is 2.33. The number of hydrogen-bond acceptors (Lipinski definition) is 5. The summed E-state index contributed by atoms with van der Waals surface area (Å²) in [5.41, 5.74) is 0. The minimum atomic E-state index is -1.17. The van der Waals surface area contributed by atoms with Gasteiger partial charge >= 0.3 is 0 Å². The Hall–Kier alpha value is -0.200. The molecule has 0 saturated carbocycles. The second-order valence-electron chi connectivity index (χ2n) is 3.85. The van der Waals surface area contributed by atoms with Gasteiger partial charge in [-0.2, -0.15) is 0 Å². The zero-order chi connectivity index (χ0) is 9.64. The molecule has 0 aliphatic carbocycles. The van der Waals surface area contributed by atoms with E-state index in [1.807, 2.05) is 0 Å². The molecule has 2 rings (SSSR count). The van der Waals surface area contributed by atoms with E-state index in [1.165, 1.54) is 0 Å². The average Bonchev–Trinajstić information content (AvgIpc) is 2.34. The van der Waals surface area contributed by atoms with Gasteiger partial charge in [-0.3, -0.25) is 0 Å². The van der Waals surface area contributed by atoms with Gasteiger partial charge in [0.05, 0.1) is 6.61 Å². The maximum atomic E-state index is 9.50.